The number of hydrogen-bond acceptors (Lipinski definition) is 6. The lowest BCUT2D eigenvalue weighted by Crippen LogP contribution is -2.24. The van der Waals surface area contributed by atoms with Gasteiger partial charge in [0.1, 0.15) is 5.82 Å². The molecule has 0 aliphatic heterocycles. The zero-order valence-corrected chi connectivity index (χ0v) is 19.0. The molecule has 0 amide bonds. The van der Waals surface area contributed by atoms with Crippen molar-refractivity contribution in [1.29, 1.82) is 0 Å². The van der Waals surface area contributed by atoms with E-state index in [1.807, 2.05) is 57.2 Å². The molecule has 3 heterocycles. The fourth-order valence-electron chi connectivity index (χ4n) is 4.43. The first-order chi connectivity index (χ1) is 16.0. The summed E-state index contributed by atoms with van der Waals surface area (Å²) in [5, 5.41) is 22.0. The van der Waals surface area contributed by atoms with Gasteiger partial charge in [0.25, 0.3) is 0 Å². The van der Waals surface area contributed by atoms with Crippen LogP contribution in [0.1, 0.15) is 25.7 Å². The normalized spacial score (nSPS) is 18.4. The average molecular weight is 444 g/mol. The summed E-state index contributed by atoms with van der Waals surface area (Å²) in [5.74, 6) is 2.02. The molecule has 0 radical (unpaired) electrons. The van der Waals surface area contributed by atoms with Crippen LogP contribution in [0.2, 0.25) is 0 Å². The highest BCUT2D eigenvalue weighted by molar-refractivity contribution is 5.76. The van der Waals surface area contributed by atoms with E-state index in [4.69, 9.17) is 9.97 Å². The van der Waals surface area contributed by atoms with Crippen LogP contribution in [-0.2, 0) is 14.1 Å². The number of anilines is 1. The highest BCUT2D eigenvalue weighted by Crippen LogP contribution is 2.31. The summed E-state index contributed by atoms with van der Waals surface area (Å²) in [6.07, 6.45) is 13.2. The SMILES string of the molecule is Cn1cc(-c2cccc(-c3ncc(-c4cnn(C)c4)c(NCC4CCC(O)CC4)n3)c2)cn1. The van der Waals surface area contributed by atoms with E-state index >= 15 is 0 Å². The van der Waals surface area contributed by atoms with Crippen LogP contribution in [0.25, 0.3) is 33.6 Å². The molecule has 33 heavy (non-hydrogen) atoms. The van der Waals surface area contributed by atoms with Crippen LogP contribution in [0.3, 0.4) is 0 Å². The third kappa shape index (κ3) is 4.80. The topological polar surface area (TPSA) is 93.7 Å². The molecule has 4 aromatic rings. The number of rotatable bonds is 6. The van der Waals surface area contributed by atoms with E-state index in [0.717, 1.165) is 65.9 Å². The van der Waals surface area contributed by atoms with E-state index < -0.39 is 0 Å². The van der Waals surface area contributed by atoms with Gasteiger partial charge in [0.05, 0.1) is 18.5 Å². The van der Waals surface area contributed by atoms with Crippen LogP contribution in [0.4, 0.5) is 5.82 Å². The van der Waals surface area contributed by atoms with Gasteiger partial charge >= 0.3 is 0 Å². The van der Waals surface area contributed by atoms with Crippen molar-refractivity contribution in [3.63, 3.8) is 0 Å². The molecule has 3 aromatic heterocycles. The minimum Gasteiger partial charge on any atom is -0.393 e. The third-order valence-corrected chi connectivity index (χ3v) is 6.34. The van der Waals surface area contributed by atoms with Crippen molar-refractivity contribution >= 4 is 5.82 Å². The van der Waals surface area contributed by atoms with Crippen LogP contribution in [-0.4, -0.2) is 47.3 Å². The zero-order chi connectivity index (χ0) is 22.8. The molecular formula is C25H29N7O. The third-order valence-electron chi connectivity index (χ3n) is 6.34. The predicted molar refractivity (Wildman–Crippen MR) is 128 cm³/mol. The lowest BCUT2D eigenvalue weighted by Gasteiger charge is -2.26. The van der Waals surface area contributed by atoms with Gasteiger partial charge in [0.15, 0.2) is 5.82 Å². The molecule has 1 fully saturated rings. The first-order valence-electron chi connectivity index (χ1n) is 11.4. The van der Waals surface area contributed by atoms with Crippen molar-refractivity contribution < 1.29 is 5.11 Å². The number of aliphatic hydroxyl groups excluding tert-OH is 1. The smallest absolute Gasteiger partial charge is 0.161 e. The molecule has 0 bridgehead atoms. The molecule has 1 saturated carbocycles. The summed E-state index contributed by atoms with van der Waals surface area (Å²) < 4.78 is 3.58. The first kappa shape index (κ1) is 21.3. The van der Waals surface area contributed by atoms with Crippen LogP contribution >= 0.6 is 0 Å². The predicted octanol–water partition coefficient (Wildman–Crippen LogP) is 3.91. The maximum Gasteiger partial charge on any atom is 0.161 e. The lowest BCUT2D eigenvalue weighted by atomic mass is 9.87. The molecule has 1 aliphatic carbocycles. The standard InChI is InChI=1S/C25H29N7O/c1-31-15-20(12-28-31)18-4-3-5-19(10-18)24-27-14-23(21-13-29-32(2)16-21)25(30-24)26-11-17-6-8-22(33)9-7-17/h3-5,10,12-17,22,33H,6-9,11H2,1-2H3,(H,26,27,30). The fourth-order valence-corrected chi connectivity index (χ4v) is 4.43. The summed E-state index contributed by atoms with van der Waals surface area (Å²) in [6.45, 7) is 0.826. The molecular weight excluding hydrogens is 414 g/mol. The van der Waals surface area contributed by atoms with Crippen LogP contribution < -0.4 is 5.32 Å². The Bertz CT molecular complexity index is 1240. The highest BCUT2D eigenvalue weighted by Gasteiger charge is 2.20. The van der Waals surface area contributed by atoms with Gasteiger partial charge in [-0.3, -0.25) is 9.36 Å². The van der Waals surface area contributed by atoms with Gasteiger partial charge in [0, 0.05) is 61.5 Å². The van der Waals surface area contributed by atoms with Crippen molar-refractivity contribution in [3.8, 4) is 33.6 Å². The second-order valence-electron chi connectivity index (χ2n) is 8.90. The first-order valence-corrected chi connectivity index (χ1v) is 11.4. The van der Waals surface area contributed by atoms with Crippen molar-refractivity contribution in [1.82, 2.24) is 29.5 Å². The van der Waals surface area contributed by atoms with Gasteiger partial charge < -0.3 is 10.4 Å². The van der Waals surface area contributed by atoms with Crippen LogP contribution in [0.5, 0.6) is 0 Å². The summed E-state index contributed by atoms with van der Waals surface area (Å²) in [7, 11) is 3.82. The molecule has 0 unspecified atom stereocenters. The molecule has 0 atom stereocenters. The quantitative estimate of drug-likeness (QED) is 0.469. The van der Waals surface area contributed by atoms with E-state index in [2.05, 4.69) is 27.6 Å². The molecule has 170 valence electrons. The largest absolute Gasteiger partial charge is 0.393 e. The Kier molecular flexibility index (Phi) is 5.92. The van der Waals surface area contributed by atoms with Crippen molar-refractivity contribution in [2.45, 2.75) is 31.8 Å². The Hall–Kier alpha value is -3.52. The van der Waals surface area contributed by atoms with Gasteiger partial charge in [0.2, 0.25) is 0 Å². The Balaban J connectivity index is 1.46. The van der Waals surface area contributed by atoms with Crippen molar-refractivity contribution in [2.24, 2.45) is 20.0 Å². The van der Waals surface area contributed by atoms with E-state index in [0.29, 0.717) is 11.7 Å². The summed E-state index contributed by atoms with van der Waals surface area (Å²) >= 11 is 0. The summed E-state index contributed by atoms with van der Waals surface area (Å²) in [4.78, 5) is 9.64. The maximum absolute atomic E-state index is 9.82. The second-order valence-corrected chi connectivity index (χ2v) is 8.90. The maximum atomic E-state index is 9.82. The van der Waals surface area contributed by atoms with E-state index in [1.165, 1.54) is 0 Å². The minimum absolute atomic E-state index is 0.148. The van der Waals surface area contributed by atoms with Crippen molar-refractivity contribution in [3.05, 3.63) is 55.2 Å². The van der Waals surface area contributed by atoms with E-state index in [9.17, 15) is 5.11 Å². The Labute approximate surface area is 193 Å². The lowest BCUT2D eigenvalue weighted by molar-refractivity contribution is 0.111. The number of aryl methyl sites for hydroxylation is 2. The number of nitrogens with zero attached hydrogens (tertiary/aromatic N) is 6. The number of aromatic nitrogens is 6. The molecule has 8 nitrogen and oxygen atoms in total. The van der Waals surface area contributed by atoms with Gasteiger partial charge in [-0.2, -0.15) is 10.2 Å². The van der Waals surface area contributed by atoms with Gasteiger partial charge in [-0.25, -0.2) is 9.97 Å². The summed E-state index contributed by atoms with van der Waals surface area (Å²) in [6, 6.07) is 8.23. The molecule has 0 spiro atoms. The molecule has 0 saturated heterocycles. The van der Waals surface area contributed by atoms with Crippen LogP contribution in [0.15, 0.2) is 55.2 Å². The number of hydrogen-bond donors (Lipinski definition) is 2. The zero-order valence-electron chi connectivity index (χ0n) is 19.0. The molecule has 2 N–H and O–H groups in total. The van der Waals surface area contributed by atoms with Gasteiger partial charge in [-0.1, -0.05) is 18.2 Å². The van der Waals surface area contributed by atoms with Gasteiger partial charge in [-0.05, 0) is 43.2 Å². The highest BCUT2D eigenvalue weighted by atomic mass is 16.3. The monoisotopic (exact) mass is 443 g/mol. The van der Waals surface area contributed by atoms with Gasteiger partial charge in [-0.15, -0.1) is 0 Å². The Morgan fingerprint density at radius 2 is 1.61 bits per heavy atom. The molecule has 1 aromatic carbocycles. The number of nitrogens with one attached hydrogen (secondary N) is 1. The van der Waals surface area contributed by atoms with Crippen molar-refractivity contribution in [2.75, 3.05) is 11.9 Å². The molecule has 1 aliphatic rings. The molecule has 8 heteroatoms. The molecule has 5 rings (SSSR count). The Morgan fingerprint density at radius 3 is 2.30 bits per heavy atom. The van der Waals surface area contributed by atoms with E-state index in [-0.39, 0.29) is 6.10 Å². The number of benzene rings is 1. The average Bonchev–Trinajstić information content (AvgIpc) is 3.47. The summed E-state index contributed by atoms with van der Waals surface area (Å²) in [5.41, 5.74) is 5.01. The van der Waals surface area contributed by atoms with Crippen LogP contribution in [0, 0.1) is 5.92 Å². The number of aliphatic hydroxyl groups is 1. The van der Waals surface area contributed by atoms with E-state index in [1.54, 1.807) is 9.36 Å². The minimum atomic E-state index is -0.148. The Morgan fingerprint density at radius 1 is 0.909 bits per heavy atom. The fraction of sp³-hybridized carbons (Fsp3) is 0.360. The second kappa shape index (κ2) is 9.15.